The molecule has 0 saturated heterocycles. The fourth-order valence-corrected chi connectivity index (χ4v) is 2.61. The second-order valence-corrected chi connectivity index (χ2v) is 5.12. The van der Waals surface area contributed by atoms with Crippen molar-refractivity contribution >= 4 is 27.2 Å². The minimum atomic E-state index is 0.727. The van der Waals surface area contributed by atoms with Gasteiger partial charge in [0.05, 0.1) is 0 Å². The molecule has 3 rings (SSSR count). The first kappa shape index (κ1) is 11.7. The minimum absolute atomic E-state index is 0.727. The number of nitrogens with zero attached hydrogens (tertiary/aromatic N) is 1. The van der Waals surface area contributed by atoms with Crippen molar-refractivity contribution in [1.82, 2.24) is 4.98 Å². The maximum Gasteiger partial charge on any atom is 0.189 e. The van der Waals surface area contributed by atoms with E-state index in [2.05, 4.69) is 10.3 Å². The molecule has 0 radical (unpaired) electrons. The molecule has 94 valence electrons. The smallest absolute Gasteiger partial charge is 0.189 e. The van der Waals surface area contributed by atoms with E-state index >= 15 is 0 Å². The summed E-state index contributed by atoms with van der Waals surface area (Å²) in [5, 5.41) is 4.80. The Morgan fingerprint density at radius 3 is 2.21 bits per heavy atom. The highest BCUT2D eigenvalue weighted by Crippen LogP contribution is 2.34. The molecule has 0 unspecified atom stereocenters. The Balaban J connectivity index is 1.90. The van der Waals surface area contributed by atoms with Gasteiger partial charge in [0.15, 0.2) is 5.13 Å². The monoisotopic (exact) mass is 267 g/mol. The largest absolute Gasteiger partial charge is 0.389 e. The lowest BCUT2D eigenvalue weighted by Crippen LogP contribution is -1.89. The van der Waals surface area contributed by atoms with Crippen LogP contribution in [0.2, 0.25) is 0 Å². The van der Waals surface area contributed by atoms with E-state index in [4.69, 9.17) is 5.73 Å². The van der Waals surface area contributed by atoms with Crippen molar-refractivity contribution in [1.29, 1.82) is 0 Å². The van der Waals surface area contributed by atoms with Crippen LogP contribution in [-0.2, 0) is 0 Å². The molecule has 0 spiro atoms. The number of nitrogens with two attached hydrogens (primary N) is 1. The first-order valence-electron chi connectivity index (χ1n) is 5.97. The van der Waals surface area contributed by atoms with E-state index in [0.29, 0.717) is 0 Å². The highest BCUT2D eigenvalue weighted by molar-refractivity contribution is 7.19. The number of aromatic nitrogens is 1. The molecule has 0 aliphatic carbocycles. The lowest BCUT2D eigenvalue weighted by Gasteiger charge is -2.00. The normalized spacial score (nSPS) is 10.3. The molecule has 0 aliphatic rings. The molecule has 3 aromatic rings. The Bertz CT molecular complexity index is 662. The second kappa shape index (κ2) is 5.12. The predicted octanol–water partition coefficient (Wildman–Crippen LogP) is 4.14. The summed E-state index contributed by atoms with van der Waals surface area (Å²) in [7, 11) is 0. The first-order valence-corrected chi connectivity index (χ1v) is 6.78. The molecule has 3 N–H and O–H groups in total. The van der Waals surface area contributed by atoms with Crippen LogP contribution in [0.15, 0.2) is 60.7 Å². The lowest BCUT2D eigenvalue weighted by atomic mass is 10.2. The van der Waals surface area contributed by atoms with Gasteiger partial charge in [-0.15, -0.1) is 0 Å². The Labute approximate surface area is 115 Å². The molecule has 19 heavy (non-hydrogen) atoms. The van der Waals surface area contributed by atoms with E-state index in [1.807, 2.05) is 60.7 Å². The maximum absolute atomic E-state index is 6.04. The quantitative estimate of drug-likeness (QED) is 0.750. The van der Waals surface area contributed by atoms with Crippen molar-refractivity contribution in [3.05, 3.63) is 60.7 Å². The number of rotatable bonds is 3. The fraction of sp³-hybridized carbons (Fsp3) is 0. The van der Waals surface area contributed by atoms with E-state index in [0.717, 1.165) is 27.1 Å². The van der Waals surface area contributed by atoms with Crippen LogP contribution in [0.1, 0.15) is 0 Å². The van der Waals surface area contributed by atoms with Crippen LogP contribution in [0.4, 0.5) is 15.8 Å². The van der Waals surface area contributed by atoms with Gasteiger partial charge >= 0.3 is 0 Å². The summed E-state index contributed by atoms with van der Waals surface area (Å²) in [5.74, 6) is 0. The van der Waals surface area contributed by atoms with Crippen LogP contribution in [0.25, 0.3) is 11.3 Å². The Kier molecular flexibility index (Phi) is 3.16. The third kappa shape index (κ3) is 2.58. The molecule has 1 heterocycles. The minimum Gasteiger partial charge on any atom is -0.389 e. The third-order valence-corrected chi connectivity index (χ3v) is 3.53. The zero-order valence-electron chi connectivity index (χ0n) is 10.2. The Morgan fingerprint density at radius 1 is 0.895 bits per heavy atom. The van der Waals surface area contributed by atoms with Crippen LogP contribution >= 0.6 is 11.3 Å². The number of benzene rings is 2. The van der Waals surface area contributed by atoms with Crippen LogP contribution in [0.5, 0.6) is 0 Å². The number of hydrogen-bond donors (Lipinski definition) is 2. The van der Waals surface area contributed by atoms with Crippen molar-refractivity contribution in [3.8, 4) is 11.3 Å². The highest BCUT2D eigenvalue weighted by Gasteiger charge is 2.10. The number of anilines is 3. The van der Waals surface area contributed by atoms with Gasteiger partial charge in [-0.05, 0) is 12.1 Å². The average molecular weight is 267 g/mol. The van der Waals surface area contributed by atoms with Crippen molar-refractivity contribution in [2.45, 2.75) is 0 Å². The zero-order chi connectivity index (χ0) is 13.1. The van der Waals surface area contributed by atoms with Crippen LogP contribution in [-0.4, -0.2) is 4.98 Å². The van der Waals surface area contributed by atoms with E-state index in [-0.39, 0.29) is 0 Å². The van der Waals surface area contributed by atoms with Gasteiger partial charge in [-0.3, -0.25) is 0 Å². The van der Waals surface area contributed by atoms with Gasteiger partial charge in [0.25, 0.3) is 0 Å². The highest BCUT2D eigenvalue weighted by atomic mass is 32.1. The molecule has 2 aromatic carbocycles. The summed E-state index contributed by atoms with van der Waals surface area (Å²) in [5.41, 5.74) is 8.93. The van der Waals surface area contributed by atoms with Crippen molar-refractivity contribution in [3.63, 3.8) is 0 Å². The first-order chi connectivity index (χ1) is 9.33. The van der Waals surface area contributed by atoms with Crippen molar-refractivity contribution in [2.24, 2.45) is 0 Å². The van der Waals surface area contributed by atoms with Crippen LogP contribution in [0.3, 0.4) is 0 Å². The molecule has 0 bridgehead atoms. The Hall–Kier alpha value is -2.33. The summed E-state index contributed by atoms with van der Waals surface area (Å²) < 4.78 is 0. The molecule has 0 fully saturated rings. The van der Waals surface area contributed by atoms with Gasteiger partial charge in [0.1, 0.15) is 10.7 Å². The predicted molar refractivity (Wildman–Crippen MR) is 81.7 cm³/mol. The molecular formula is C15H13N3S. The number of nitrogens with one attached hydrogen (secondary N) is 1. The topological polar surface area (TPSA) is 50.9 Å². The van der Waals surface area contributed by atoms with Crippen LogP contribution < -0.4 is 11.1 Å². The molecule has 0 atom stereocenters. The summed E-state index contributed by atoms with van der Waals surface area (Å²) in [6.07, 6.45) is 0. The molecule has 0 amide bonds. The SMILES string of the molecule is Nc1sc(Nc2ccccc2)nc1-c1ccccc1. The molecule has 1 aromatic heterocycles. The van der Waals surface area contributed by atoms with Crippen molar-refractivity contribution in [2.75, 3.05) is 11.1 Å². The van der Waals surface area contributed by atoms with Gasteiger partial charge in [0.2, 0.25) is 0 Å². The third-order valence-electron chi connectivity index (χ3n) is 2.73. The lowest BCUT2D eigenvalue weighted by molar-refractivity contribution is 1.38. The van der Waals surface area contributed by atoms with Gasteiger partial charge in [0, 0.05) is 11.3 Å². The van der Waals surface area contributed by atoms with Crippen LogP contribution in [0, 0.1) is 0 Å². The summed E-state index contributed by atoms with van der Waals surface area (Å²) >= 11 is 1.46. The van der Waals surface area contributed by atoms with Gasteiger partial charge in [-0.25, -0.2) is 4.98 Å². The zero-order valence-corrected chi connectivity index (χ0v) is 11.0. The number of para-hydroxylation sites is 1. The van der Waals surface area contributed by atoms with E-state index in [9.17, 15) is 0 Å². The van der Waals surface area contributed by atoms with E-state index < -0.39 is 0 Å². The van der Waals surface area contributed by atoms with E-state index in [1.54, 1.807) is 0 Å². The molecule has 0 aliphatic heterocycles. The molecule has 4 heteroatoms. The average Bonchev–Trinajstić information content (AvgIpc) is 2.82. The summed E-state index contributed by atoms with van der Waals surface area (Å²) in [6, 6.07) is 19.9. The van der Waals surface area contributed by atoms with Gasteiger partial charge in [-0.1, -0.05) is 59.9 Å². The number of nitrogen functional groups attached to an aromatic ring is 1. The molecule has 3 nitrogen and oxygen atoms in total. The standard InChI is InChI=1S/C15H13N3S/c16-14-13(11-7-3-1-4-8-11)18-15(19-14)17-12-9-5-2-6-10-12/h1-10H,16H2,(H,17,18). The second-order valence-electron chi connectivity index (χ2n) is 4.09. The molecular weight excluding hydrogens is 254 g/mol. The number of hydrogen-bond acceptors (Lipinski definition) is 4. The maximum atomic E-state index is 6.04. The Morgan fingerprint density at radius 2 is 1.53 bits per heavy atom. The van der Waals surface area contributed by atoms with Gasteiger partial charge < -0.3 is 11.1 Å². The number of thiazole rings is 1. The fourth-order valence-electron chi connectivity index (χ4n) is 1.83. The molecule has 0 saturated carbocycles. The summed E-state index contributed by atoms with van der Waals surface area (Å²) in [6.45, 7) is 0. The van der Waals surface area contributed by atoms with Gasteiger partial charge in [-0.2, -0.15) is 0 Å². The van der Waals surface area contributed by atoms with E-state index in [1.165, 1.54) is 11.3 Å². The summed E-state index contributed by atoms with van der Waals surface area (Å²) in [4.78, 5) is 4.56. The van der Waals surface area contributed by atoms with Crippen molar-refractivity contribution < 1.29 is 0 Å².